The maximum absolute atomic E-state index is 5.74. The predicted molar refractivity (Wildman–Crippen MR) is 145 cm³/mol. The summed E-state index contributed by atoms with van der Waals surface area (Å²) < 4.78 is 11.5. The maximum atomic E-state index is 5.74. The van der Waals surface area contributed by atoms with Gasteiger partial charge in [-0.15, -0.1) is 0 Å². The van der Waals surface area contributed by atoms with Gasteiger partial charge in [0.2, 0.25) is 0 Å². The SMILES string of the molecule is COc1cc(/C=C/c2cccc3ccccc23)c(OC)cc1/C=C/c1cccc2ccccc12. The number of rotatable bonds is 6. The summed E-state index contributed by atoms with van der Waals surface area (Å²) in [6.45, 7) is 0. The molecule has 5 rings (SSSR count). The molecule has 0 saturated heterocycles. The van der Waals surface area contributed by atoms with Crippen LogP contribution < -0.4 is 9.47 Å². The maximum Gasteiger partial charge on any atom is 0.126 e. The molecule has 0 aliphatic carbocycles. The Balaban J connectivity index is 1.51. The molecule has 5 aromatic carbocycles. The lowest BCUT2D eigenvalue weighted by Gasteiger charge is -2.12. The Hall–Kier alpha value is -4.30. The van der Waals surface area contributed by atoms with Crippen LogP contribution in [0.1, 0.15) is 22.3 Å². The molecule has 0 N–H and O–H groups in total. The molecule has 166 valence electrons. The largest absolute Gasteiger partial charge is 0.496 e. The van der Waals surface area contributed by atoms with E-state index in [2.05, 4.69) is 109 Å². The third-order valence-corrected chi connectivity index (χ3v) is 6.11. The van der Waals surface area contributed by atoms with Gasteiger partial charge in [-0.25, -0.2) is 0 Å². The second kappa shape index (κ2) is 9.68. The third kappa shape index (κ3) is 4.31. The van der Waals surface area contributed by atoms with Crippen molar-refractivity contribution in [3.8, 4) is 11.5 Å². The van der Waals surface area contributed by atoms with Gasteiger partial charge in [-0.05, 0) is 44.8 Å². The van der Waals surface area contributed by atoms with Crippen LogP contribution in [0.4, 0.5) is 0 Å². The third-order valence-electron chi connectivity index (χ3n) is 6.11. The number of ether oxygens (including phenoxy) is 2. The fourth-order valence-corrected chi connectivity index (χ4v) is 4.36. The zero-order valence-electron chi connectivity index (χ0n) is 19.4. The van der Waals surface area contributed by atoms with Gasteiger partial charge in [-0.2, -0.15) is 0 Å². The van der Waals surface area contributed by atoms with Crippen LogP contribution in [0, 0.1) is 0 Å². The summed E-state index contributed by atoms with van der Waals surface area (Å²) in [6.07, 6.45) is 8.43. The van der Waals surface area contributed by atoms with Crippen molar-refractivity contribution in [3.05, 3.63) is 119 Å². The Kier molecular flexibility index (Phi) is 6.13. The summed E-state index contributed by atoms with van der Waals surface area (Å²) >= 11 is 0. The molecule has 0 aromatic heterocycles. The van der Waals surface area contributed by atoms with Crippen molar-refractivity contribution in [2.24, 2.45) is 0 Å². The van der Waals surface area contributed by atoms with Gasteiger partial charge in [0.05, 0.1) is 14.2 Å². The second-order valence-electron chi connectivity index (χ2n) is 8.14. The van der Waals surface area contributed by atoms with Crippen molar-refractivity contribution in [2.75, 3.05) is 14.2 Å². The van der Waals surface area contributed by atoms with Crippen molar-refractivity contribution < 1.29 is 9.47 Å². The zero-order valence-corrected chi connectivity index (χ0v) is 19.4. The molecule has 0 radical (unpaired) electrons. The lowest BCUT2D eigenvalue weighted by molar-refractivity contribution is 0.401. The van der Waals surface area contributed by atoms with Crippen LogP contribution in [0.5, 0.6) is 11.5 Å². The number of hydrogen-bond acceptors (Lipinski definition) is 2. The van der Waals surface area contributed by atoms with E-state index in [4.69, 9.17) is 9.47 Å². The van der Waals surface area contributed by atoms with Crippen molar-refractivity contribution in [1.29, 1.82) is 0 Å². The predicted octanol–water partition coefficient (Wildman–Crippen LogP) is 8.35. The first-order chi connectivity index (χ1) is 16.8. The number of fused-ring (bicyclic) bond motifs is 2. The molecule has 0 fully saturated rings. The topological polar surface area (TPSA) is 18.5 Å². The Morgan fingerprint density at radius 2 is 0.824 bits per heavy atom. The molecule has 0 aliphatic heterocycles. The second-order valence-corrected chi connectivity index (χ2v) is 8.14. The summed E-state index contributed by atoms with van der Waals surface area (Å²) in [5.41, 5.74) is 4.27. The molecule has 34 heavy (non-hydrogen) atoms. The standard InChI is InChI=1S/C32H26O2/c1-33-31-21-28(20-18-26-14-8-12-24-10-4-6-16-30(24)26)32(34-2)22-27(31)19-17-25-13-7-11-23-9-3-5-15-29(23)25/h3-22H,1-2H3/b19-17+,20-18+. The van der Waals surface area contributed by atoms with Crippen molar-refractivity contribution >= 4 is 45.8 Å². The molecule has 0 atom stereocenters. The lowest BCUT2D eigenvalue weighted by atomic mass is 10.0. The first-order valence-electron chi connectivity index (χ1n) is 11.3. The van der Waals surface area contributed by atoms with Gasteiger partial charge in [0.1, 0.15) is 11.5 Å². The fraction of sp³-hybridized carbons (Fsp3) is 0.0625. The molecule has 0 saturated carbocycles. The highest BCUT2D eigenvalue weighted by molar-refractivity contribution is 5.94. The van der Waals surface area contributed by atoms with Gasteiger partial charge in [0.25, 0.3) is 0 Å². The molecule has 0 aliphatic rings. The van der Waals surface area contributed by atoms with E-state index in [1.54, 1.807) is 14.2 Å². The van der Waals surface area contributed by atoms with Crippen LogP contribution in [-0.2, 0) is 0 Å². The Bertz CT molecular complexity index is 1400. The minimum atomic E-state index is 0.801. The highest BCUT2D eigenvalue weighted by Crippen LogP contribution is 2.32. The minimum absolute atomic E-state index is 0.801. The highest BCUT2D eigenvalue weighted by atomic mass is 16.5. The van der Waals surface area contributed by atoms with Crippen LogP contribution in [-0.4, -0.2) is 14.2 Å². The van der Waals surface area contributed by atoms with E-state index >= 15 is 0 Å². The van der Waals surface area contributed by atoms with Gasteiger partial charge in [0.15, 0.2) is 0 Å². The molecule has 0 spiro atoms. The van der Waals surface area contributed by atoms with E-state index < -0.39 is 0 Å². The van der Waals surface area contributed by atoms with Crippen LogP contribution in [0.25, 0.3) is 45.8 Å². The zero-order chi connectivity index (χ0) is 23.3. The van der Waals surface area contributed by atoms with Gasteiger partial charge in [0, 0.05) is 11.1 Å². The molecule has 2 heteroatoms. The van der Waals surface area contributed by atoms with Gasteiger partial charge >= 0.3 is 0 Å². The van der Waals surface area contributed by atoms with Crippen molar-refractivity contribution in [2.45, 2.75) is 0 Å². The van der Waals surface area contributed by atoms with Gasteiger partial charge < -0.3 is 9.47 Å². The number of methoxy groups -OCH3 is 2. The normalized spacial score (nSPS) is 11.6. The first-order valence-corrected chi connectivity index (χ1v) is 11.3. The number of hydrogen-bond donors (Lipinski definition) is 0. The number of benzene rings is 5. The summed E-state index contributed by atoms with van der Waals surface area (Å²) in [7, 11) is 3.41. The van der Waals surface area contributed by atoms with Crippen LogP contribution in [0.3, 0.4) is 0 Å². The molecule has 0 amide bonds. The lowest BCUT2D eigenvalue weighted by Crippen LogP contribution is -1.93. The minimum Gasteiger partial charge on any atom is -0.496 e. The molecular formula is C32H26O2. The van der Waals surface area contributed by atoms with E-state index in [-0.39, 0.29) is 0 Å². The van der Waals surface area contributed by atoms with E-state index in [9.17, 15) is 0 Å². The van der Waals surface area contributed by atoms with Crippen LogP contribution in [0.15, 0.2) is 97.1 Å². The van der Waals surface area contributed by atoms with E-state index in [1.807, 2.05) is 12.1 Å². The van der Waals surface area contributed by atoms with Crippen molar-refractivity contribution in [1.82, 2.24) is 0 Å². The summed E-state index contributed by atoms with van der Waals surface area (Å²) in [4.78, 5) is 0. The molecule has 0 bridgehead atoms. The Morgan fingerprint density at radius 3 is 1.26 bits per heavy atom. The van der Waals surface area contributed by atoms with E-state index in [1.165, 1.54) is 32.7 Å². The molecule has 0 heterocycles. The van der Waals surface area contributed by atoms with Gasteiger partial charge in [-0.1, -0.05) is 109 Å². The average molecular weight is 443 g/mol. The summed E-state index contributed by atoms with van der Waals surface area (Å²) in [5, 5.41) is 4.90. The fourth-order valence-electron chi connectivity index (χ4n) is 4.36. The van der Waals surface area contributed by atoms with E-state index in [0.29, 0.717) is 0 Å². The Morgan fingerprint density at radius 1 is 0.441 bits per heavy atom. The quantitative estimate of drug-likeness (QED) is 0.246. The highest BCUT2D eigenvalue weighted by Gasteiger charge is 2.09. The molecule has 5 aromatic rings. The monoisotopic (exact) mass is 442 g/mol. The van der Waals surface area contributed by atoms with Crippen molar-refractivity contribution in [3.63, 3.8) is 0 Å². The van der Waals surface area contributed by atoms with Crippen LogP contribution >= 0.6 is 0 Å². The van der Waals surface area contributed by atoms with Gasteiger partial charge in [-0.3, -0.25) is 0 Å². The molecule has 2 nitrogen and oxygen atoms in total. The van der Waals surface area contributed by atoms with Crippen LogP contribution in [0.2, 0.25) is 0 Å². The first kappa shape index (κ1) is 21.5. The summed E-state index contributed by atoms with van der Waals surface area (Å²) in [5.74, 6) is 1.60. The van der Waals surface area contributed by atoms with E-state index in [0.717, 1.165) is 22.6 Å². The Labute approximate surface area is 200 Å². The molecular weight excluding hydrogens is 416 g/mol. The summed E-state index contributed by atoms with van der Waals surface area (Å²) in [6, 6.07) is 33.6. The smallest absolute Gasteiger partial charge is 0.126 e. The average Bonchev–Trinajstić information content (AvgIpc) is 2.90. The molecule has 0 unspecified atom stereocenters.